The second kappa shape index (κ2) is 4.10. The maximum absolute atomic E-state index is 9.29. The molecule has 0 spiro atoms. The van der Waals surface area contributed by atoms with E-state index in [1.807, 2.05) is 0 Å². The quantitative estimate of drug-likeness (QED) is 0.826. The van der Waals surface area contributed by atoms with E-state index < -0.39 is 0 Å². The molecule has 88 valence electrons. The van der Waals surface area contributed by atoms with Crippen molar-refractivity contribution in [3.8, 4) is 0 Å². The van der Waals surface area contributed by atoms with Crippen LogP contribution in [-0.4, -0.2) is 23.8 Å². The topological polar surface area (TPSA) is 23.5 Å². The van der Waals surface area contributed by atoms with Crippen molar-refractivity contribution >= 4 is 5.69 Å². The first-order chi connectivity index (χ1) is 7.53. The van der Waals surface area contributed by atoms with Gasteiger partial charge in [0.05, 0.1) is 0 Å². The van der Waals surface area contributed by atoms with Crippen molar-refractivity contribution in [3.05, 3.63) is 29.8 Å². The molecule has 1 fully saturated rings. The van der Waals surface area contributed by atoms with Crippen molar-refractivity contribution in [3.63, 3.8) is 0 Å². The predicted molar refractivity (Wildman–Crippen MR) is 67.8 cm³/mol. The minimum Gasteiger partial charge on any atom is -0.396 e. The monoisotopic (exact) mass is 219 g/mol. The molecule has 1 aliphatic heterocycles. The normalized spacial score (nSPS) is 23.8. The summed E-state index contributed by atoms with van der Waals surface area (Å²) < 4.78 is 0. The van der Waals surface area contributed by atoms with E-state index in [1.165, 1.54) is 11.3 Å². The van der Waals surface area contributed by atoms with Crippen LogP contribution in [0.1, 0.15) is 25.8 Å². The number of aliphatic hydroxyl groups excluding tert-OH is 1. The largest absolute Gasteiger partial charge is 0.396 e. The molecule has 0 bridgehead atoms. The molecule has 1 aromatic rings. The van der Waals surface area contributed by atoms with E-state index in [-0.39, 0.29) is 5.54 Å². The van der Waals surface area contributed by atoms with Gasteiger partial charge in [0, 0.05) is 30.3 Å². The van der Waals surface area contributed by atoms with Crippen LogP contribution in [0.4, 0.5) is 5.69 Å². The molecule has 2 rings (SSSR count). The average molecular weight is 219 g/mol. The Hall–Kier alpha value is -1.02. The molecule has 2 heteroatoms. The van der Waals surface area contributed by atoms with Crippen molar-refractivity contribution in [2.45, 2.75) is 32.7 Å². The lowest BCUT2D eigenvalue weighted by Gasteiger charge is -2.33. The van der Waals surface area contributed by atoms with Crippen LogP contribution in [0.2, 0.25) is 0 Å². The van der Waals surface area contributed by atoms with Crippen LogP contribution >= 0.6 is 0 Å². The maximum atomic E-state index is 9.29. The molecule has 0 amide bonds. The van der Waals surface area contributed by atoms with Gasteiger partial charge in [-0.2, -0.15) is 0 Å². The molecule has 16 heavy (non-hydrogen) atoms. The molecule has 1 unspecified atom stereocenters. The molecule has 0 radical (unpaired) electrons. The van der Waals surface area contributed by atoms with Gasteiger partial charge in [-0.1, -0.05) is 12.1 Å². The van der Waals surface area contributed by atoms with E-state index in [9.17, 15) is 5.11 Å². The Morgan fingerprint density at radius 3 is 2.75 bits per heavy atom. The Balaban J connectivity index is 2.27. The lowest BCUT2D eigenvalue weighted by Crippen LogP contribution is -2.38. The summed E-state index contributed by atoms with van der Waals surface area (Å²) in [7, 11) is 0. The highest BCUT2D eigenvalue weighted by Crippen LogP contribution is 2.36. The Kier molecular flexibility index (Phi) is 2.94. The Bertz CT molecular complexity index is 373. The van der Waals surface area contributed by atoms with Crippen molar-refractivity contribution in [2.75, 3.05) is 18.1 Å². The standard InChI is InChI=1S/C14H21NO/c1-11-5-4-6-13(7-11)15-9-12(10-16)8-14(15,2)3/h4-7,12,16H,8-10H2,1-3H3. The van der Waals surface area contributed by atoms with Gasteiger partial charge in [0.15, 0.2) is 0 Å². The van der Waals surface area contributed by atoms with Crippen LogP contribution in [-0.2, 0) is 0 Å². The molecular weight excluding hydrogens is 198 g/mol. The lowest BCUT2D eigenvalue weighted by atomic mass is 9.96. The number of benzene rings is 1. The zero-order chi connectivity index (χ0) is 11.8. The fraction of sp³-hybridized carbons (Fsp3) is 0.571. The number of aryl methyl sites for hydroxylation is 1. The Morgan fingerprint density at radius 1 is 1.44 bits per heavy atom. The van der Waals surface area contributed by atoms with Gasteiger partial charge in [0.2, 0.25) is 0 Å². The van der Waals surface area contributed by atoms with E-state index in [0.717, 1.165) is 13.0 Å². The fourth-order valence-electron chi connectivity index (χ4n) is 2.76. The molecule has 1 saturated heterocycles. The average Bonchev–Trinajstić information content (AvgIpc) is 2.53. The highest BCUT2D eigenvalue weighted by atomic mass is 16.3. The number of hydrogen-bond acceptors (Lipinski definition) is 2. The van der Waals surface area contributed by atoms with Crippen molar-refractivity contribution in [1.82, 2.24) is 0 Å². The maximum Gasteiger partial charge on any atom is 0.0477 e. The minimum atomic E-state index is 0.154. The lowest BCUT2D eigenvalue weighted by molar-refractivity contribution is 0.232. The highest BCUT2D eigenvalue weighted by molar-refractivity contribution is 5.51. The number of aliphatic hydroxyl groups is 1. The van der Waals surface area contributed by atoms with Crippen LogP contribution in [0.3, 0.4) is 0 Å². The molecule has 1 heterocycles. The SMILES string of the molecule is Cc1cccc(N2CC(CO)CC2(C)C)c1. The Morgan fingerprint density at radius 2 is 2.19 bits per heavy atom. The summed E-state index contributed by atoms with van der Waals surface area (Å²) in [6.45, 7) is 7.89. The van der Waals surface area contributed by atoms with E-state index in [2.05, 4.69) is 49.9 Å². The summed E-state index contributed by atoms with van der Waals surface area (Å²) in [5.74, 6) is 0.413. The Labute approximate surface area is 97.9 Å². The zero-order valence-corrected chi connectivity index (χ0v) is 10.4. The molecule has 0 aromatic heterocycles. The molecular formula is C14H21NO. The van der Waals surface area contributed by atoms with Crippen molar-refractivity contribution in [2.24, 2.45) is 5.92 Å². The van der Waals surface area contributed by atoms with Gasteiger partial charge >= 0.3 is 0 Å². The second-order valence-corrected chi connectivity index (χ2v) is 5.51. The highest BCUT2D eigenvalue weighted by Gasteiger charge is 2.37. The summed E-state index contributed by atoms with van der Waals surface area (Å²) in [6, 6.07) is 8.61. The first kappa shape index (κ1) is 11.5. The fourth-order valence-corrected chi connectivity index (χ4v) is 2.76. The molecule has 1 atom stereocenters. The number of nitrogens with zero attached hydrogens (tertiary/aromatic N) is 1. The summed E-state index contributed by atoms with van der Waals surface area (Å²) in [5.41, 5.74) is 2.72. The molecule has 2 nitrogen and oxygen atoms in total. The zero-order valence-electron chi connectivity index (χ0n) is 10.4. The van der Waals surface area contributed by atoms with Gasteiger partial charge < -0.3 is 10.0 Å². The van der Waals surface area contributed by atoms with Crippen molar-refractivity contribution in [1.29, 1.82) is 0 Å². The third kappa shape index (κ3) is 2.07. The molecule has 1 N–H and O–H groups in total. The van der Waals surface area contributed by atoms with E-state index >= 15 is 0 Å². The van der Waals surface area contributed by atoms with Crippen LogP contribution in [0, 0.1) is 12.8 Å². The first-order valence-electron chi connectivity index (χ1n) is 5.98. The molecule has 1 aliphatic rings. The summed E-state index contributed by atoms with van der Waals surface area (Å²) in [6.07, 6.45) is 1.07. The first-order valence-corrected chi connectivity index (χ1v) is 5.98. The van der Waals surface area contributed by atoms with Gasteiger partial charge in [0.25, 0.3) is 0 Å². The van der Waals surface area contributed by atoms with Crippen LogP contribution in [0.25, 0.3) is 0 Å². The minimum absolute atomic E-state index is 0.154. The predicted octanol–water partition coefficient (Wildman–Crippen LogP) is 2.59. The summed E-state index contributed by atoms with van der Waals surface area (Å²) in [4.78, 5) is 2.42. The van der Waals surface area contributed by atoms with Crippen molar-refractivity contribution < 1.29 is 5.11 Å². The summed E-state index contributed by atoms with van der Waals surface area (Å²) >= 11 is 0. The molecule has 0 saturated carbocycles. The van der Waals surface area contributed by atoms with E-state index in [4.69, 9.17) is 0 Å². The van der Waals surface area contributed by atoms with Gasteiger partial charge in [-0.3, -0.25) is 0 Å². The van der Waals surface area contributed by atoms with Gasteiger partial charge in [-0.25, -0.2) is 0 Å². The van der Waals surface area contributed by atoms with Crippen LogP contribution in [0.5, 0.6) is 0 Å². The molecule has 1 aromatic carbocycles. The smallest absolute Gasteiger partial charge is 0.0477 e. The third-order valence-corrected chi connectivity index (χ3v) is 3.53. The van der Waals surface area contributed by atoms with E-state index in [1.54, 1.807) is 0 Å². The van der Waals surface area contributed by atoms with Crippen LogP contribution < -0.4 is 4.90 Å². The number of anilines is 1. The van der Waals surface area contributed by atoms with Crippen LogP contribution in [0.15, 0.2) is 24.3 Å². The van der Waals surface area contributed by atoms with Gasteiger partial charge in [-0.05, 0) is 44.9 Å². The summed E-state index contributed by atoms with van der Waals surface area (Å²) in [5, 5.41) is 9.29. The molecule has 0 aliphatic carbocycles. The second-order valence-electron chi connectivity index (χ2n) is 5.51. The van der Waals surface area contributed by atoms with E-state index in [0.29, 0.717) is 12.5 Å². The van der Waals surface area contributed by atoms with Gasteiger partial charge in [0.1, 0.15) is 0 Å². The number of rotatable bonds is 2. The number of hydrogen-bond donors (Lipinski definition) is 1. The third-order valence-electron chi connectivity index (χ3n) is 3.53. The van der Waals surface area contributed by atoms with Gasteiger partial charge in [-0.15, -0.1) is 0 Å².